The van der Waals surface area contributed by atoms with E-state index in [2.05, 4.69) is 10.3 Å². The molecule has 0 aliphatic rings. The maximum absolute atomic E-state index is 11.6. The van der Waals surface area contributed by atoms with Gasteiger partial charge in [-0.1, -0.05) is 0 Å². The number of hydrogen-bond acceptors (Lipinski definition) is 4. The Hall–Kier alpha value is -1.46. The van der Waals surface area contributed by atoms with Crippen LogP contribution >= 0.6 is 0 Å². The van der Waals surface area contributed by atoms with Gasteiger partial charge in [-0.3, -0.25) is 9.78 Å². The number of nitrogens with two attached hydrogens (primary N) is 1. The van der Waals surface area contributed by atoms with Gasteiger partial charge in [0.05, 0.1) is 12.5 Å². The Kier molecular flexibility index (Phi) is 6.21. The van der Waals surface area contributed by atoms with E-state index in [9.17, 15) is 4.79 Å². The third-order valence-corrected chi connectivity index (χ3v) is 2.32. The van der Waals surface area contributed by atoms with Crippen molar-refractivity contribution >= 4 is 5.91 Å². The van der Waals surface area contributed by atoms with Gasteiger partial charge in [-0.15, -0.1) is 0 Å². The van der Waals surface area contributed by atoms with E-state index in [4.69, 9.17) is 10.5 Å². The normalized spacial score (nSPS) is 12.1. The molecule has 0 bridgehead atoms. The third-order valence-electron chi connectivity index (χ3n) is 2.32. The summed E-state index contributed by atoms with van der Waals surface area (Å²) < 4.78 is 5.32. The van der Waals surface area contributed by atoms with Gasteiger partial charge in [-0.2, -0.15) is 0 Å². The minimum absolute atomic E-state index is 0.0503. The summed E-state index contributed by atoms with van der Waals surface area (Å²) in [5, 5.41) is 2.82. The molecule has 1 rings (SSSR count). The van der Waals surface area contributed by atoms with E-state index in [1.165, 1.54) is 0 Å². The van der Waals surface area contributed by atoms with Gasteiger partial charge in [-0.05, 0) is 24.6 Å². The summed E-state index contributed by atoms with van der Waals surface area (Å²) in [6, 6.07) is 3.73. The van der Waals surface area contributed by atoms with Crippen LogP contribution in [0, 0.1) is 0 Å². The Bertz CT molecular complexity index is 330. The molecule has 0 spiro atoms. The van der Waals surface area contributed by atoms with Crippen LogP contribution in [-0.4, -0.2) is 30.1 Å². The summed E-state index contributed by atoms with van der Waals surface area (Å²) in [7, 11) is 0. The largest absolute Gasteiger partial charge is 0.377 e. The molecule has 1 aromatic rings. The molecule has 1 amide bonds. The molecule has 1 aromatic heterocycles. The average Bonchev–Trinajstić information content (AvgIpc) is 2.37. The number of nitrogens with zero attached hydrogens (tertiary/aromatic N) is 1. The molecule has 0 fully saturated rings. The number of hydrogen-bond donors (Lipinski definition) is 2. The highest BCUT2D eigenvalue weighted by molar-refractivity contribution is 5.76. The van der Waals surface area contributed by atoms with Crippen molar-refractivity contribution in [2.45, 2.75) is 26.0 Å². The summed E-state index contributed by atoms with van der Waals surface area (Å²) in [5.74, 6) is -0.0503. The third kappa shape index (κ3) is 5.42. The molecule has 3 N–H and O–H groups in total. The van der Waals surface area contributed by atoms with Crippen LogP contribution in [0.5, 0.6) is 0 Å². The number of nitrogens with one attached hydrogen (secondary N) is 1. The number of rotatable bonds is 7. The van der Waals surface area contributed by atoms with E-state index >= 15 is 0 Å². The molecule has 0 aromatic carbocycles. The van der Waals surface area contributed by atoms with E-state index in [-0.39, 0.29) is 12.0 Å². The smallest absolute Gasteiger partial charge is 0.222 e. The van der Waals surface area contributed by atoms with Gasteiger partial charge in [0, 0.05) is 32.1 Å². The maximum atomic E-state index is 11.6. The summed E-state index contributed by atoms with van der Waals surface area (Å²) >= 11 is 0. The van der Waals surface area contributed by atoms with E-state index in [0.717, 1.165) is 5.56 Å². The maximum Gasteiger partial charge on any atom is 0.222 e. The van der Waals surface area contributed by atoms with Crippen LogP contribution in [0.1, 0.15) is 18.9 Å². The Morgan fingerprint density at radius 3 is 2.82 bits per heavy atom. The van der Waals surface area contributed by atoms with Crippen LogP contribution in [0.4, 0.5) is 0 Å². The molecule has 0 radical (unpaired) electrons. The van der Waals surface area contributed by atoms with Crippen LogP contribution in [0.25, 0.3) is 0 Å². The lowest BCUT2D eigenvalue weighted by Crippen LogP contribution is -2.32. The molecule has 5 nitrogen and oxygen atoms in total. The van der Waals surface area contributed by atoms with Crippen LogP contribution in [0.3, 0.4) is 0 Å². The second kappa shape index (κ2) is 7.76. The highest BCUT2D eigenvalue weighted by Gasteiger charge is 2.11. The fourth-order valence-corrected chi connectivity index (χ4v) is 1.43. The highest BCUT2D eigenvalue weighted by Crippen LogP contribution is 1.99. The van der Waals surface area contributed by atoms with E-state index in [0.29, 0.717) is 26.1 Å². The lowest BCUT2D eigenvalue weighted by molar-refractivity contribution is -0.123. The number of aromatic nitrogens is 1. The minimum Gasteiger partial charge on any atom is -0.377 e. The molecule has 1 atom stereocenters. The fraction of sp³-hybridized carbons (Fsp3) is 0.500. The van der Waals surface area contributed by atoms with Crippen LogP contribution < -0.4 is 11.1 Å². The molecule has 1 heterocycles. The zero-order chi connectivity index (χ0) is 12.5. The molecule has 0 saturated heterocycles. The molecule has 0 aliphatic heterocycles. The van der Waals surface area contributed by atoms with Crippen molar-refractivity contribution in [3.8, 4) is 0 Å². The fourth-order valence-electron chi connectivity index (χ4n) is 1.43. The number of amides is 1. The van der Waals surface area contributed by atoms with Gasteiger partial charge >= 0.3 is 0 Å². The first-order valence-corrected chi connectivity index (χ1v) is 5.73. The van der Waals surface area contributed by atoms with Crippen molar-refractivity contribution in [3.63, 3.8) is 0 Å². The van der Waals surface area contributed by atoms with Crippen LogP contribution in [-0.2, 0) is 16.1 Å². The van der Waals surface area contributed by atoms with Gasteiger partial charge in [0.15, 0.2) is 0 Å². The summed E-state index contributed by atoms with van der Waals surface area (Å²) in [5.41, 5.74) is 6.52. The first kappa shape index (κ1) is 13.6. The lowest BCUT2D eigenvalue weighted by Gasteiger charge is -2.14. The first-order chi connectivity index (χ1) is 8.26. The van der Waals surface area contributed by atoms with E-state index in [1.54, 1.807) is 12.4 Å². The summed E-state index contributed by atoms with van der Waals surface area (Å²) in [6.07, 6.45) is 3.50. The van der Waals surface area contributed by atoms with Crippen molar-refractivity contribution in [2.75, 3.05) is 13.2 Å². The van der Waals surface area contributed by atoms with Crippen LogP contribution in [0.2, 0.25) is 0 Å². The average molecular weight is 237 g/mol. The van der Waals surface area contributed by atoms with Gasteiger partial charge in [0.25, 0.3) is 0 Å². The number of carbonyl (C=O) groups is 1. The Balaban J connectivity index is 2.30. The summed E-state index contributed by atoms with van der Waals surface area (Å²) in [4.78, 5) is 15.5. The van der Waals surface area contributed by atoms with Gasteiger partial charge < -0.3 is 15.8 Å². The molecule has 1 unspecified atom stereocenters. The Labute approximate surface area is 101 Å². The lowest BCUT2D eigenvalue weighted by atomic mass is 10.2. The molecule has 94 valence electrons. The Morgan fingerprint density at radius 2 is 2.24 bits per heavy atom. The van der Waals surface area contributed by atoms with Gasteiger partial charge in [0.2, 0.25) is 5.91 Å². The van der Waals surface area contributed by atoms with Crippen molar-refractivity contribution in [1.82, 2.24) is 10.3 Å². The molecule has 5 heteroatoms. The van der Waals surface area contributed by atoms with Crippen LogP contribution in [0.15, 0.2) is 24.5 Å². The monoisotopic (exact) mass is 237 g/mol. The quantitative estimate of drug-likeness (QED) is 0.722. The summed E-state index contributed by atoms with van der Waals surface area (Å²) in [6.45, 7) is 3.32. The van der Waals surface area contributed by atoms with Crippen molar-refractivity contribution in [1.29, 1.82) is 0 Å². The molecule has 0 saturated carbocycles. The zero-order valence-electron chi connectivity index (χ0n) is 10.1. The van der Waals surface area contributed by atoms with E-state index < -0.39 is 0 Å². The zero-order valence-corrected chi connectivity index (χ0v) is 10.1. The number of ether oxygens (including phenoxy) is 1. The molecule has 0 aliphatic carbocycles. The van der Waals surface area contributed by atoms with Gasteiger partial charge in [0.1, 0.15) is 0 Å². The number of pyridine rings is 1. The second-order valence-corrected chi connectivity index (χ2v) is 3.65. The SMILES string of the molecule is CCOC(CN)CC(=O)NCc1ccncc1. The van der Waals surface area contributed by atoms with Crippen molar-refractivity contribution in [2.24, 2.45) is 5.73 Å². The minimum atomic E-state index is -0.197. The second-order valence-electron chi connectivity index (χ2n) is 3.65. The van der Waals surface area contributed by atoms with Crippen molar-refractivity contribution in [3.05, 3.63) is 30.1 Å². The van der Waals surface area contributed by atoms with Gasteiger partial charge in [-0.25, -0.2) is 0 Å². The predicted molar refractivity (Wildman–Crippen MR) is 65.2 cm³/mol. The Morgan fingerprint density at radius 1 is 1.53 bits per heavy atom. The highest BCUT2D eigenvalue weighted by atomic mass is 16.5. The number of carbonyl (C=O) groups excluding carboxylic acids is 1. The van der Waals surface area contributed by atoms with Crippen molar-refractivity contribution < 1.29 is 9.53 Å². The predicted octanol–water partition coefficient (Wildman–Crippen LogP) is 0.452. The molecular weight excluding hydrogens is 218 g/mol. The standard InChI is InChI=1S/C12H19N3O2/c1-2-17-11(8-13)7-12(16)15-9-10-3-5-14-6-4-10/h3-6,11H,2,7-9,13H2,1H3,(H,15,16). The first-order valence-electron chi connectivity index (χ1n) is 5.73. The molecule has 17 heavy (non-hydrogen) atoms. The topological polar surface area (TPSA) is 77.2 Å². The van der Waals surface area contributed by atoms with E-state index in [1.807, 2.05) is 19.1 Å². The molecular formula is C12H19N3O2.